The molecule has 0 spiro atoms. The summed E-state index contributed by atoms with van der Waals surface area (Å²) >= 11 is 0. The zero-order valence-corrected chi connectivity index (χ0v) is 14.4. The Morgan fingerprint density at radius 1 is 1.00 bits per heavy atom. The van der Waals surface area contributed by atoms with Crippen molar-refractivity contribution in [2.24, 2.45) is 0 Å². The van der Waals surface area contributed by atoms with Crippen molar-refractivity contribution in [3.63, 3.8) is 0 Å². The van der Waals surface area contributed by atoms with Crippen molar-refractivity contribution in [3.8, 4) is 17.2 Å². The van der Waals surface area contributed by atoms with Gasteiger partial charge in [0.1, 0.15) is 11.4 Å². The number of benzene rings is 2. The highest BCUT2D eigenvalue weighted by Gasteiger charge is 2.36. The highest BCUT2D eigenvalue weighted by molar-refractivity contribution is 6.39. The monoisotopic (exact) mass is 370 g/mol. The van der Waals surface area contributed by atoms with Crippen LogP contribution in [0.3, 0.4) is 0 Å². The maximum atomic E-state index is 12.2. The van der Waals surface area contributed by atoms with Gasteiger partial charge >= 0.3 is 11.8 Å². The molecule has 0 radical (unpaired) electrons. The van der Waals surface area contributed by atoms with Crippen LogP contribution in [0.15, 0.2) is 42.5 Å². The number of anilines is 1. The fourth-order valence-corrected chi connectivity index (χ4v) is 3.09. The third-order valence-corrected chi connectivity index (χ3v) is 4.54. The predicted molar refractivity (Wildman–Crippen MR) is 94.7 cm³/mol. The average Bonchev–Trinajstić information content (AvgIpc) is 3.14. The molecule has 2 aromatic carbocycles. The molecule has 0 aliphatic carbocycles. The third kappa shape index (κ3) is 3.39. The van der Waals surface area contributed by atoms with Gasteiger partial charge in [-0.3, -0.25) is 9.59 Å². The summed E-state index contributed by atoms with van der Waals surface area (Å²) in [4.78, 5) is 24.3. The number of nitrogens with one attached hydrogen (secondary N) is 2. The molecule has 1 atom stereocenters. The van der Waals surface area contributed by atoms with Gasteiger partial charge in [-0.15, -0.1) is 0 Å². The standard InChI is InChI=1S/C19H18N2O6/c22-17(18(23)21-12-5-6-15-16(9-12)27-11-26-15)20-10-19(24)7-8-25-14-4-2-1-3-13(14)19/h1-6,9,24H,7-8,10-11H2,(H,20,22)(H,21,23). The van der Waals surface area contributed by atoms with Gasteiger partial charge in [0.2, 0.25) is 6.79 Å². The Hall–Kier alpha value is -3.26. The van der Waals surface area contributed by atoms with E-state index in [1.807, 2.05) is 6.07 Å². The average molecular weight is 370 g/mol. The van der Waals surface area contributed by atoms with E-state index in [-0.39, 0.29) is 13.3 Å². The van der Waals surface area contributed by atoms with Crippen LogP contribution in [-0.2, 0) is 15.2 Å². The van der Waals surface area contributed by atoms with Crippen molar-refractivity contribution in [2.45, 2.75) is 12.0 Å². The second kappa shape index (κ2) is 6.81. The lowest BCUT2D eigenvalue weighted by atomic mass is 9.88. The molecule has 2 aromatic rings. The van der Waals surface area contributed by atoms with Crippen molar-refractivity contribution >= 4 is 17.5 Å². The van der Waals surface area contributed by atoms with Gasteiger partial charge in [0, 0.05) is 23.7 Å². The van der Waals surface area contributed by atoms with E-state index >= 15 is 0 Å². The highest BCUT2D eigenvalue weighted by Crippen LogP contribution is 2.36. The minimum Gasteiger partial charge on any atom is -0.493 e. The summed E-state index contributed by atoms with van der Waals surface area (Å²) in [5, 5.41) is 15.9. The van der Waals surface area contributed by atoms with Crippen LogP contribution in [0.25, 0.3) is 0 Å². The Bertz CT molecular complexity index is 900. The fourth-order valence-electron chi connectivity index (χ4n) is 3.09. The lowest BCUT2D eigenvalue weighted by molar-refractivity contribution is -0.137. The highest BCUT2D eigenvalue weighted by atomic mass is 16.7. The quantitative estimate of drug-likeness (QED) is 0.700. The number of rotatable bonds is 3. The van der Waals surface area contributed by atoms with Gasteiger partial charge in [0.25, 0.3) is 0 Å². The van der Waals surface area contributed by atoms with Crippen LogP contribution < -0.4 is 24.8 Å². The third-order valence-electron chi connectivity index (χ3n) is 4.54. The number of amides is 2. The number of fused-ring (bicyclic) bond motifs is 2. The van der Waals surface area contributed by atoms with Gasteiger partial charge in [-0.2, -0.15) is 0 Å². The van der Waals surface area contributed by atoms with E-state index in [2.05, 4.69) is 10.6 Å². The van der Waals surface area contributed by atoms with E-state index in [0.29, 0.717) is 41.5 Å². The van der Waals surface area contributed by atoms with Gasteiger partial charge in [-0.25, -0.2) is 0 Å². The molecule has 0 bridgehead atoms. The predicted octanol–water partition coefficient (Wildman–Crippen LogP) is 1.14. The Balaban J connectivity index is 1.39. The summed E-state index contributed by atoms with van der Waals surface area (Å²) in [5.41, 5.74) is -0.286. The molecule has 2 amide bonds. The van der Waals surface area contributed by atoms with E-state index in [0.717, 1.165) is 0 Å². The Labute approximate surface area is 155 Å². The number of hydrogen-bond acceptors (Lipinski definition) is 6. The first-order chi connectivity index (χ1) is 13.0. The minimum absolute atomic E-state index is 0.0965. The molecule has 0 fully saturated rings. The number of carbonyl (C=O) groups excluding carboxylic acids is 2. The lowest BCUT2D eigenvalue weighted by Gasteiger charge is -2.34. The van der Waals surface area contributed by atoms with Crippen LogP contribution in [0.5, 0.6) is 17.2 Å². The molecule has 27 heavy (non-hydrogen) atoms. The van der Waals surface area contributed by atoms with Gasteiger partial charge in [0.15, 0.2) is 11.5 Å². The molecule has 3 N–H and O–H groups in total. The molecular weight excluding hydrogens is 352 g/mol. The zero-order valence-electron chi connectivity index (χ0n) is 14.4. The molecule has 8 heteroatoms. The Kier molecular flexibility index (Phi) is 4.33. The zero-order chi connectivity index (χ0) is 18.9. The molecule has 8 nitrogen and oxygen atoms in total. The van der Waals surface area contributed by atoms with Crippen molar-refractivity contribution in [1.82, 2.24) is 5.32 Å². The summed E-state index contributed by atoms with van der Waals surface area (Å²) in [6.45, 7) is 0.352. The molecule has 2 heterocycles. The molecule has 1 unspecified atom stereocenters. The lowest BCUT2D eigenvalue weighted by Crippen LogP contribution is -2.46. The normalized spacial score (nSPS) is 19.6. The fraction of sp³-hybridized carbons (Fsp3) is 0.263. The number of ether oxygens (including phenoxy) is 3. The van der Waals surface area contributed by atoms with Crippen LogP contribution in [0.4, 0.5) is 5.69 Å². The van der Waals surface area contributed by atoms with Crippen LogP contribution in [0, 0.1) is 0 Å². The van der Waals surface area contributed by atoms with Crippen molar-refractivity contribution in [3.05, 3.63) is 48.0 Å². The summed E-state index contributed by atoms with van der Waals surface area (Å²) < 4.78 is 15.9. The number of hydrogen-bond donors (Lipinski definition) is 3. The maximum Gasteiger partial charge on any atom is 0.313 e. The molecule has 2 aliphatic rings. The minimum atomic E-state index is -1.29. The topological polar surface area (TPSA) is 106 Å². The van der Waals surface area contributed by atoms with E-state index in [1.54, 1.807) is 36.4 Å². The van der Waals surface area contributed by atoms with E-state index in [1.165, 1.54) is 0 Å². The van der Waals surface area contributed by atoms with E-state index in [4.69, 9.17) is 14.2 Å². The van der Waals surface area contributed by atoms with Gasteiger partial charge in [-0.05, 0) is 18.2 Å². The molecule has 0 saturated carbocycles. The van der Waals surface area contributed by atoms with Crippen molar-refractivity contribution in [2.75, 3.05) is 25.3 Å². The number of para-hydroxylation sites is 1. The summed E-state index contributed by atoms with van der Waals surface area (Å²) in [7, 11) is 0. The maximum absolute atomic E-state index is 12.2. The summed E-state index contributed by atoms with van der Waals surface area (Å²) in [6, 6.07) is 11.9. The summed E-state index contributed by atoms with van der Waals surface area (Å²) in [6.07, 6.45) is 0.314. The first-order valence-electron chi connectivity index (χ1n) is 8.49. The van der Waals surface area contributed by atoms with Gasteiger partial charge < -0.3 is 30.0 Å². The van der Waals surface area contributed by atoms with Crippen LogP contribution >= 0.6 is 0 Å². The molecular formula is C19H18N2O6. The molecule has 140 valence electrons. The molecule has 4 rings (SSSR count). The van der Waals surface area contributed by atoms with Crippen LogP contribution in [0.2, 0.25) is 0 Å². The smallest absolute Gasteiger partial charge is 0.313 e. The first kappa shape index (κ1) is 17.2. The largest absolute Gasteiger partial charge is 0.493 e. The van der Waals surface area contributed by atoms with Gasteiger partial charge in [0.05, 0.1) is 13.2 Å². The Morgan fingerprint density at radius 3 is 2.70 bits per heavy atom. The van der Waals surface area contributed by atoms with Crippen molar-refractivity contribution < 1.29 is 28.9 Å². The van der Waals surface area contributed by atoms with E-state index < -0.39 is 17.4 Å². The number of carbonyl (C=O) groups is 2. The Morgan fingerprint density at radius 2 is 1.81 bits per heavy atom. The molecule has 2 aliphatic heterocycles. The first-order valence-corrected chi connectivity index (χ1v) is 8.49. The van der Waals surface area contributed by atoms with Crippen molar-refractivity contribution in [1.29, 1.82) is 0 Å². The number of aliphatic hydroxyl groups is 1. The van der Waals surface area contributed by atoms with E-state index in [9.17, 15) is 14.7 Å². The van der Waals surface area contributed by atoms with Crippen LogP contribution in [0.1, 0.15) is 12.0 Å². The SMILES string of the molecule is O=C(NCC1(O)CCOc2ccccc21)C(=O)Nc1ccc2c(c1)OCO2. The summed E-state index contributed by atoms with van der Waals surface area (Å²) in [5.74, 6) is -0.0210. The van der Waals surface area contributed by atoms with Crippen LogP contribution in [-0.4, -0.2) is 36.9 Å². The second-order valence-corrected chi connectivity index (χ2v) is 6.33. The second-order valence-electron chi connectivity index (χ2n) is 6.33. The molecule has 0 saturated heterocycles. The molecule has 0 aromatic heterocycles. The van der Waals surface area contributed by atoms with Gasteiger partial charge in [-0.1, -0.05) is 18.2 Å².